The second-order valence-corrected chi connectivity index (χ2v) is 7.57. The summed E-state index contributed by atoms with van der Waals surface area (Å²) < 4.78 is 34.8. The number of hydrogen-bond acceptors (Lipinski definition) is 3. The number of fused-ring (bicyclic) bond motifs is 1. The van der Waals surface area contributed by atoms with Crippen molar-refractivity contribution in [1.29, 1.82) is 0 Å². The standard InChI is InChI=1S/C15H22N2O3S/c1-12-6-4-5-9-17(12)21(18,19)16-11-14-10-13-7-2-3-8-15(13)20-14/h2-3,7-8,12,14,16H,4-6,9-11H2,1H3/t12-,14-/m1/s1. The van der Waals surface area contributed by atoms with Gasteiger partial charge < -0.3 is 4.74 Å². The van der Waals surface area contributed by atoms with Gasteiger partial charge in [0.15, 0.2) is 0 Å². The molecule has 0 saturated carbocycles. The summed E-state index contributed by atoms with van der Waals surface area (Å²) in [6.07, 6.45) is 3.63. The molecule has 2 aliphatic rings. The van der Waals surface area contributed by atoms with E-state index in [4.69, 9.17) is 4.74 Å². The molecule has 0 unspecified atom stereocenters. The zero-order valence-corrected chi connectivity index (χ0v) is 13.1. The smallest absolute Gasteiger partial charge is 0.279 e. The predicted octanol–water partition coefficient (Wildman–Crippen LogP) is 1.70. The second-order valence-electron chi connectivity index (χ2n) is 5.86. The molecule has 21 heavy (non-hydrogen) atoms. The van der Waals surface area contributed by atoms with Crippen molar-refractivity contribution in [3.8, 4) is 5.75 Å². The third kappa shape index (κ3) is 3.22. The van der Waals surface area contributed by atoms with Gasteiger partial charge in [-0.1, -0.05) is 24.6 Å². The molecule has 0 aliphatic carbocycles. The van der Waals surface area contributed by atoms with Crippen LogP contribution in [0.1, 0.15) is 31.7 Å². The molecule has 3 rings (SSSR count). The zero-order chi connectivity index (χ0) is 14.9. The lowest BCUT2D eigenvalue weighted by Crippen LogP contribution is -2.49. The van der Waals surface area contributed by atoms with Crippen molar-refractivity contribution in [1.82, 2.24) is 9.03 Å². The Morgan fingerprint density at radius 3 is 2.90 bits per heavy atom. The lowest BCUT2D eigenvalue weighted by Gasteiger charge is -2.32. The molecule has 0 spiro atoms. The quantitative estimate of drug-likeness (QED) is 0.921. The lowest BCUT2D eigenvalue weighted by molar-refractivity contribution is 0.229. The van der Waals surface area contributed by atoms with Gasteiger partial charge in [-0.15, -0.1) is 0 Å². The van der Waals surface area contributed by atoms with Gasteiger partial charge in [-0.2, -0.15) is 17.4 Å². The van der Waals surface area contributed by atoms with Gasteiger partial charge in [0.25, 0.3) is 10.2 Å². The summed E-state index contributed by atoms with van der Waals surface area (Å²) >= 11 is 0. The van der Waals surface area contributed by atoms with E-state index in [0.29, 0.717) is 13.1 Å². The van der Waals surface area contributed by atoms with Gasteiger partial charge in [-0.05, 0) is 31.4 Å². The number of benzene rings is 1. The number of nitrogens with one attached hydrogen (secondary N) is 1. The summed E-state index contributed by atoms with van der Waals surface area (Å²) in [5, 5.41) is 0. The summed E-state index contributed by atoms with van der Waals surface area (Å²) in [6.45, 7) is 2.91. The molecular formula is C15H22N2O3S. The van der Waals surface area contributed by atoms with Gasteiger partial charge in [-0.25, -0.2) is 0 Å². The van der Waals surface area contributed by atoms with E-state index in [1.54, 1.807) is 4.31 Å². The second kappa shape index (κ2) is 5.94. The molecule has 0 bridgehead atoms. The Labute approximate surface area is 126 Å². The van der Waals surface area contributed by atoms with E-state index < -0.39 is 10.2 Å². The largest absolute Gasteiger partial charge is 0.488 e. The van der Waals surface area contributed by atoms with Gasteiger partial charge in [0.2, 0.25) is 0 Å². The highest BCUT2D eigenvalue weighted by atomic mass is 32.2. The lowest BCUT2D eigenvalue weighted by atomic mass is 10.1. The maximum atomic E-state index is 12.4. The van der Waals surface area contributed by atoms with Crippen LogP contribution in [0.3, 0.4) is 0 Å². The minimum absolute atomic E-state index is 0.0814. The molecule has 2 heterocycles. The van der Waals surface area contributed by atoms with Gasteiger partial charge in [0.05, 0.1) is 0 Å². The highest BCUT2D eigenvalue weighted by Crippen LogP contribution is 2.28. The van der Waals surface area contributed by atoms with Gasteiger partial charge in [0.1, 0.15) is 11.9 Å². The van der Waals surface area contributed by atoms with Crippen LogP contribution in [-0.2, 0) is 16.6 Å². The minimum Gasteiger partial charge on any atom is -0.488 e. The Morgan fingerprint density at radius 1 is 1.33 bits per heavy atom. The van der Waals surface area contributed by atoms with Crippen LogP contribution >= 0.6 is 0 Å². The van der Waals surface area contributed by atoms with Crippen LogP contribution < -0.4 is 9.46 Å². The van der Waals surface area contributed by atoms with E-state index in [1.807, 2.05) is 31.2 Å². The molecule has 1 saturated heterocycles. The monoisotopic (exact) mass is 310 g/mol. The molecule has 0 radical (unpaired) electrons. The zero-order valence-electron chi connectivity index (χ0n) is 12.3. The predicted molar refractivity (Wildman–Crippen MR) is 81.5 cm³/mol. The topological polar surface area (TPSA) is 58.6 Å². The summed E-state index contributed by atoms with van der Waals surface area (Å²) in [4.78, 5) is 0. The van der Waals surface area contributed by atoms with Crippen molar-refractivity contribution in [2.45, 2.75) is 44.8 Å². The molecule has 0 amide bonds. The van der Waals surface area contributed by atoms with E-state index in [-0.39, 0.29) is 12.1 Å². The fraction of sp³-hybridized carbons (Fsp3) is 0.600. The van der Waals surface area contributed by atoms with E-state index in [1.165, 1.54) is 0 Å². The molecule has 5 nitrogen and oxygen atoms in total. The summed E-state index contributed by atoms with van der Waals surface area (Å²) in [5.74, 6) is 0.869. The Hall–Kier alpha value is -1.11. The maximum absolute atomic E-state index is 12.4. The van der Waals surface area contributed by atoms with Crippen LogP contribution in [0.4, 0.5) is 0 Å². The van der Waals surface area contributed by atoms with E-state index in [0.717, 1.165) is 37.0 Å². The molecule has 0 aromatic heterocycles. The number of rotatable bonds is 4. The van der Waals surface area contributed by atoms with Gasteiger partial charge >= 0.3 is 0 Å². The van der Waals surface area contributed by atoms with Crippen molar-refractivity contribution in [2.24, 2.45) is 0 Å². The molecule has 1 N–H and O–H groups in total. The van der Waals surface area contributed by atoms with Crippen LogP contribution in [0.2, 0.25) is 0 Å². The van der Waals surface area contributed by atoms with Crippen LogP contribution in [0.25, 0.3) is 0 Å². The number of piperidine rings is 1. The van der Waals surface area contributed by atoms with Crippen LogP contribution in [-0.4, -0.2) is 38.0 Å². The number of nitrogens with zero attached hydrogens (tertiary/aromatic N) is 1. The van der Waals surface area contributed by atoms with Crippen LogP contribution in [0, 0.1) is 0 Å². The minimum atomic E-state index is -3.40. The van der Waals surface area contributed by atoms with Gasteiger partial charge in [-0.3, -0.25) is 0 Å². The van der Waals surface area contributed by atoms with E-state index in [2.05, 4.69) is 4.72 Å². The summed E-state index contributed by atoms with van der Waals surface area (Å²) in [6, 6.07) is 7.94. The first-order valence-electron chi connectivity index (χ1n) is 7.57. The van der Waals surface area contributed by atoms with Crippen molar-refractivity contribution >= 4 is 10.2 Å². The Bertz CT molecular complexity index is 578. The third-order valence-corrected chi connectivity index (χ3v) is 5.95. The van der Waals surface area contributed by atoms with E-state index >= 15 is 0 Å². The first-order chi connectivity index (χ1) is 10.1. The molecular weight excluding hydrogens is 288 g/mol. The van der Waals surface area contributed by atoms with Crippen molar-refractivity contribution in [3.63, 3.8) is 0 Å². The molecule has 1 aromatic carbocycles. The summed E-state index contributed by atoms with van der Waals surface area (Å²) in [7, 11) is -3.40. The Kier molecular flexibility index (Phi) is 4.19. The van der Waals surface area contributed by atoms with Crippen molar-refractivity contribution < 1.29 is 13.2 Å². The van der Waals surface area contributed by atoms with Crippen LogP contribution in [0.5, 0.6) is 5.75 Å². The molecule has 1 aromatic rings. The Morgan fingerprint density at radius 2 is 2.14 bits per heavy atom. The number of hydrogen-bond donors (Lipinski definition) is 1. The average molecular weight is 310 g/mol. The number of ether oxygens (including phenoxy) is 1. The molecule has 116 valence electrons. The molecule has 2 atom stereocenters. The normalized spacial score (nSPS) is 26.3. The first-order valence-corrected chi connectivity index (χ1v) is 9.01. The van der Waals surface area contributed by atoms with E-state index in [9.17, 15) is 8.42 Å². The van der Waals surface area contributed by atoms with Crippen LogP contribution in [0.15, 0.2) is 24.3 Å². The SMILES string of the molecule is C[C@@H]1CCCCN1S(=O)(=O)NC[C@H]1Cc2ccccc2O1. The number of para-hydroxylation sites is 1. The average Bonchev–Trinajstić information content (AvgIpc) is 2.88. The molecule has 2 aliphatic heterocycles. The first kappa shape index (κ1) is 14.8. The highest BCUT2D eigenvalue weighted by molar-refractivity contribution is 7.87. The Balaban J connectivity index is 1.58. The fourth-order valence-corrected chi connectivity index (χ4v) is 4.59. The van der Waals surface area contributed by atoms with Crippen molar-refractivity contribution in [2.75, 3.05) is 13.1 Å². The molecule has 6 heteroatoms. The summed E-state index contributed by atoms with van der Waals surface area (Å²) in [5.41, 5.74) is 1.15. The highest BCUT2D eigenvalue weighted by Gasteiger charge is 2.31. The molecule has 1 fully saturated rings. The van der Waals surface area contributed by atoms with Crippen molar-refractivity contribution in [3.05, 3.63) is 29.8 Å². The maximum Gasteiger partial charge on any atom is 0.279 e. The third-order valence-electron chi connectivity index (χ3n) is 4.26. The van der Waals surface area contributed by atoms with Gasteiger partial charge in [0, 0.05) is 25.6 Å². The fourth-order valence-electron chi connectivity index (χ4n) is 3.08.